The number of hydrogen-bond donors (Lipinski definition) is 4. The molecule has 2 amide bonds. The van der Waals surface area contributed by atoms with E-state index in [9.17, 15) is 9.59 Å². The maximum absolute atomic E-state index is 10.6. The molecule has 11 heavy (non-hydrogen) atoms. The molecule has 0 aliphatic carbocycles. The third-order valence-electron chi connectivity index (χ3n) is 1.10. The number of carboxylic acid groups (broad SMARTS) is 1. The summed E-state index contributed by atoms with van der Waals surface area (Å²) in [6.45, 7) is 1.28. The van der Waals surface area contributed by atoms with Gasteiger partial charge in [-0.1, -0.05) is 12.8 Å². The van der Waals surface area contributed by atoms with Gasteiger partial charge in [-0.25, -0.2) is 20.4 Å². The summed E-state index contributed by atoms with van der Waals surface area (Å²) in [6, 6.07) is -1.83. The number of hydrogen-bond acceptors (Lipinski definition) is 4. The summed E-state index contributed by atoms with van der Waals surface area (Å²) >= 11 is 3.40. The first kappa shape index (κ1) is 10.0. The molecule has 4 N–H and O–H groups in total. The number of rotatable bonds is 2. The molecule has 0 aromatic rings. The third-order valence-corrected chi connectivity index (χ3v) is 1.30. The van der Waals surface area contributed by atoms with Crippen molar-refractivity contribution in [2.75, 3.05) is 0 Å². The van der Waals surface area contributed by atoms with Crippen molar-refractivity contribution in [2.45, 2.75) is 13.0 Å². The molecule has 7 heteroatoms. The van der Waals surface area contributed by atoms with Gasteiger partial charge in [0.1, 0.15) is 6.04 Å². The van der Waals surface area contributed by atoms with Crippen molar-refractivity contribution in [3.8, 4) is 0 Å². The van der Waals surface area contributed by atoms with Gasteiger partial charge < -0.3 is 5.11 Å². The van der Waals surface area contributed by atoms with E-state index in [1.54, 1.807) is 0 Å². The maximum atomic E-state index is 10.6. The number of hydrazine groups is 1. The lowest BCUT2D eigenvalue weighted by atomic mass is 10.3. The Morgan fingerprint density at radius 1 is 1.73 bits per heavy atom. The number of carbonyl (C=O) groups is 2. The molecular weight excluding hydrogens is 170 g/mol. The van der Waals surface area contributed by atoms with E-state index in [4.69, 9.17) is 10.9 Å². The summed E-state index contributed by atoms with van der Waals surface area (Å²) in [7, 11) is 0. The lowest BCUT2D eigenvalue weighted by Crippen LogP contribution is -2.50. The van der Waals surface area contributed by atoms with Crippen LogP contribution in [0.3, 0.4) is 0 Å². The number of nitrogens with one attached hydrogen (secondary N) is 1. The highest BCUT2D eigenvalue weighted by atomic mass is 32.1. The van der Waals surface area contributed by atoms with Gasteiger partial charge in [0.25, 0.3) is 0 Å². The van der Waals surface area contributed by atoms with Crippen molar-refractivity contribution < 1.29 is 14.7 Å². The normalized spacial score (nSPS) is 11.9. The number of thiol groups is 1. The second-order valence-corrected chi connectivity index (χ2v) is 2.06. The molecule has 0 aliphatic rings. The third kappa shape index (κ3) is 2.64. The second kappa shape index (κ2) is 4.04. The van der Waals surface area contributed by atoms with Gasteiger partial charge in [-0.05, 0) is 6.92 Å². The Balaban J connectivity index is 4.12. The predicted octanol–water partition coefficient (Wildman–Crippen LogP) is -0.810. The van der Waals surface area contributed by atoms with Crippen LogP contribution in [-0.2, 0) is 4.79 Å². The quantitative estimate of drug-likeness (QED) is 0.193. The molecule has 0 fully saturated rings. The zero-order chi connectivity index (χ0) is 9.02. The minimum atomic E-state index is -1.18. The summed E-state index contributed by atoms with van der Waals surface area (Å²) < 4.78 is 1.89. The Hall–Kier alpha value is -0.950. The molecule has 0 spiro atoms. The second-order valence-electron chi connectivity index (χ2n) is 1.84. The van der Waals surface area contributed by atoms with E-state index in [-0.39, 0.29) is 0 Å². The Morgan fingerprint density at radius 3 is 2.45 bits per heavy atom. The molecule has 1 atom stereocenters. The predicted molar refractivity (Wildman–Crippen MR) is 40.6 cm³/mol. The summed E-state index contributed by atoms with van der Waals surface area (Å²) in [6.07, 6.45) is 0. The van der Waals surface area contributed by atoms with Crippen LogP contribution in [-0.4, -0.2) is 28.2 Å². The van der Waals surface area contributed by atoms with Crippen LogP contribution < -0.4 is 10.6 Å². The molecular formula is C4H9N3O3S. The summed E-state index contributed by atoms with van der Waals surface area (Å²) in [5.74, 6) is 3.89. The fourth-order valence-corrected chi connectivity index (χ4v) is 0.468. The highest BCUT2D eigenvalue weighted by Crippen LogP contribution is 1.92. The average molecular weight is 179 g/mol. The van der Waals surface area contributed by atoms with Crippen molar-refractivity contribution in [1.29, 1.82) is 0 Å². The number of urea groups is 1. The molecule has 0 rings (SSSR count). The lowest BCUT2D eigenvalue weighted by Gasteiger charge is -2.19. The van der Waals surface area contributed by atoms with Gasteiger partial charge in [-0.2, -0.15) is 0 Å². The highest BCUT2D eigenvalue weighted by molar-refractivity contribution is 7.78. The number of nitrogens with zero attached hydrogens (tertiary/aromatic N) is 1. The SMILES string of the molecule is CC(C(=O)O)N(N)C(=O)NS. The van der Waals surface area contributed by atoms with Crippen molar-refractivity contribution >= 4 is 24.8 Å². The standard InChI is InChI=1S/C4H9N3O3S/c1-2(3(8)9)7(5)4(10)6-11/h2,11H,5H2,1H3,(H,6,10)(H,8,9). The van der Waals surface area contributed by atoms with Crippen molar-refractivity contribution in [3.05, 3.63) is 0 Å². The summed E-state index contributed by atoms with van der Waals surface area (Å²) in [5.41, 5.74) is 0. The van der Waals surface area contributed by atoms with Gasteiger partial charge >= 0.3 is 12.0 Å². The zero-order valence-electron chi connectivity index (χ0n) is 5.81. The fourth-order valence-electron chi connectivity index (χ4n) is 0.353. The van der Waals surface area contributed by atoms with E-state index >= 15 is 0 Å². The van der Waals surface area contributed by atoms with E-state index in [0.717, 1.165) is 0 Å². The van der Waals surface area contributed by atoms with Gasteiger partial charge in [0.05, 0.1) is 0 Å². The minimum absolute atomic E-state index is 0.537. The van der Waals surface area contributed by atoms with Crippen LogP contribution in [0.2, 0.25) is 0 Å². The van der Waals surface area contributed by atoms with E-state index in [2.05, 4.69) is 12.8 Å². The van der Waals surface area contributed by atoms with Gasteiger partial charge in [0.2, 0.25) is 0 Å². The molecule has 0 saturated heterocycles. The van der Waals surface area contributed by atoms with Crippen LogP contribution >= 0.6 is 12.8 Å². The Labute approximate surface area is 68.9 Å². The minimum Gasteiger partial charge on any atom is -0.480 e. The first-order chi connectivity index (χ1) is 5.00. The van der Waals surface area contributed by atoms with Crippen LogP contribution in [0.1, 0.15) is 6.92 Å². The van der Waals surface area contributed by atoms with Crippen LogP contribution in [0, 0.1) is 0 Å². The molecule has 0 bridgehead atoms. The molecule has 0 aromatic heterocycles. The number of nitrogens with two attached hydrogens (primary N) is 1. The topological polar surface area (TPSA) is 95.7 Å². The van der Waals surface area contributed by atoms with E-state index in [0.29, 0.717) is 5.01 Å². The highest BCUT2D eigenvalue weighted by Gasteiger charge is 2.21. The first-order valence-electron chi connectivity index (χ1n) is 2.71. The monoisotopic (exact) mass is 179 g/mol. The molecule has 0 saturated carbocycles. The number of carboxylic acids is 1. The Morgan fingerprint density at radius 2 is 2.18 bits per heavy atom. The molecule has 0 aliphatic heterocycles. The van der Waals surface area contributed by atoms with E-state index in [1.807, 2.05) is 4.72 Å². The molecule has 0 heterocycles. The van der Waals surface area contributed by atoms with Crippen molar-refractivity contribution in [2.24, 2.45) is 5.84 Å². The smallest absolute Gasteiger partial charge is 0.342 e. The summed E-state index contributed by atoms with van der Waals surface area (Å²) in [4.78, 5) is 20.8. The lowest BCUT2D eigenvalue weighted by molar-refractivity contribution is -0.141. The fraction of sp³-hybridized carbons (Fsp3) is 0.500. The Kier molecular flexibility index (Phi) is 3.69. The van der Waals surface area contributed by atoms with Crippen LogP contribution in [0.4, 0.5) is 4.79 Å². The molecule has 0 radical (unpaired) electrons. The van der Waals surface area contributed by atoms with E-state index in [1.165, 1.54) is 6.92 Å². The number of carbonyl (C=O) groups excluding carboxylic acids is 1. The maximum Gasteiger partial charge on any atom is 0.342 e. The molecule has 1 unspecified atom stereocenters. The molecule has 64 valence electrons. The van der Waals surface area contributed by atoms with Crippen molar-refractivity contribution in [1.82, 2.24) is 9.73 Å². The van der Waals surface area contributed by atoms with Gasteiger partial charge in [-0.15, -0.1) is 0 Å². The first-order valence-corrected chi connectivity index (χ1v) is 3.16. The van der Waals surface area contributed by atoms with Gasteiger partial charge in [0.15, 0.2) is 0 Å². The zero-order valence-corrected chi connectivity index (χ0v) is 6.71. The van der Waals surface area contributed by atoms with E-state index < -0.39 is 18.0 Å². The van der Waals surface area contributed by atoms with Crippen LogP contribution in [0.5, 0.6) is 0 Å². The van der Waals surface area contributed by atoms with Crippen LogP contribution in [0.15, 0.2) is 0 Å². The molecule has 6 nitrogen and oxygen atoms in total. The van der Waals surface area contributed by atoms with Crippen LogP contribution in [0.25, 0.3) is 0 Å². The Bertz CT molecular complexity index is 174. The molecule has 0 aromatic carbocycles. The largest absolute Gasteiger partial charge is 0.480 e. The summed E-state index contributed by atoms with van der Waals surface area (Å²) in [5, 5.41) is 8.91. The van der Waals surface area contributed by atoms with Crippen molar-refractivity contribution in [3.63, 3.8) is 0 Å². The van der Waals surface area contributed by atoms with Gasteiger partial charge in [0, 0.05) is 0 Å². The van der Waals surface area contributed by atoms with Gasteiger partial charge in [-0.3, -0.25) is 4.72 Å². The number of amides is 2. The number of aliphatic carboxylic acids is 1. The average Bonchev–Trinajstić information content (AvgIpc) is 2.00.